The average Bonchev–Trinajstić information content (AvgIpc) is 1.99. The Kier molecular flexibility index (Phi) is 3.35. The van der Waals surface area contributed by atoms with E-state index in [2.05, 4.69) is 5.32 Å². The average molecular weight is 207 g/mol. The number of carbonyl (C=O) groups excluding carboxylic acids is 1. The Balaban J connectivity index is 2.59. The van der Waals surface area contributed by atoms with Gasteiger partial charge in [0.1, 0.15) is 5.60 Å². The molecule has 1 N–H and O–H groups in total. The summed E-state index contributed by atoms with van der Waals surface area (Å²) < 4.78 is 5.13. The lowest BCUT2D eigenvalue weighted by atomic mass is 10.2. The summed E-state index contributed by atoms with van der Waals surface area (Å²) in [5, 5.41) is 2.68. The molecule has 0 aliphatic carbocycles. The van der Waals surface area contributed by atoms with Crippen LogP contribution in [0.25, 0.3) is 0 Å². The number of anilines is 1. The number of hydrogen-bond acceptors (Lipinski definition) is 2. The highest BCUT2D eigenvalue weighted by molar-refractivity contribution is 5.84. The Morgan fingerprint density at radius 1 is 1.33 bits per heavy atom. The summed E-state index contributed by atoms with van der Waals surface area (Å²) in [5.74, 6) is 0. The standard InChI is InChI=1S/C12H17NO2/c1-9-6-5-7-10(8-9)13-11(14)15-12(2,3)4/h5-8H,1-4H3,(H,13,14). The predicted molar refractivity (Wildman–Crippen MR) is 61.0 cm³/mol. The van der Waals surface area contributed by atoms with Crippen LogP contribution in [0.1, 0.15) is 26.3 Å². The van der Waals surface area contributed by atoms with Gasteiger partial charge in [0.25, 0.3) is 0 Å². The van der Waals surface area contributed by atoms with Crippen molar-refractivity contribution in [2.24, 2.45) is 0 Å². The Bertz CT molecular complexity index is 353. The van der Waals surface area contributed by atoms with Gasteiger partial charge in [-0.25, -0.2) is 4.79 Å². The monoisotopic (exact) mass is 207 g/mol. The van der Waals surface area contributed by atoms with Gasteiger partial charge in [-0.3, -0.25) is 5.32 Å². The van der Waals surface area contributed by atoms with Crippen molar-refractivity contribution in [2.45, 2.75) is 33.3 Å². The molecule has 0 unspecified atom stereocenters. The molecular formula is C12H17NO2. The minimum Gasteiger partial charge on any atom is -0.444 e. The van der Waals surface area contributed by atoms with Gasteiger partial charge in [-0.05, 0) is 45.4 Å². The quantitative estimate of drug-likeness (QED) is 0.767. The van der Waals surface area contributed by atoms with E-state index in [-0.39, 0.29) is 0 Å². The van der Waals surface area contributed by atoms with Gasteiger partial charge in [-0.15, -0.1) is 0 Å². The summed E-state index contributed by atoms with van der Waals surface area (Å²) in [4.78, 5) is 11.4. The zero-order valence-electron chi connectivity index (χ0n) is 9.63. The molecule has 1 aromatic carbocycles. The smallest absolute Gasteiger partial charge is 0.412 e. The van der Waals surface area contributed by atoms with E-state index >= 15 is 0 Å². The topological polar surface area (TPSA) is 38.3 Å². The maximum atomic E-state index is 11.4. The number of carbonyl (C=O) groups is 1. The Hall–Kier alpha value is -1.51. The largest absolute Gasteiger partial charge is 0.444 e. The number of amides is 1. The number of benzene rings is 1. The van der Waals surface area contributed by atoms with Gasteiger partial charge in [0.05, 0.1) is 0 Å². The van der Waals surface area contributed by atoms with Gasteiger partial charge < -0.3 is 4.74 Å². The first-order chi connectivity index (χ1) is 6.87. The Labute approximate surface area is 90.4 Å². The Morgan fingerprint density at radius 3 is 2.53 bits per heavy atom. The third kappa shape index (κ3) is 4.49. The molecular weight excluding hydrogens is 190 g/mol. The van der Waals surface area contributed by atoms with Crippen molar-refractivity contribution in [1.29, 1.82) is 0 Å². The van der Waals surface area contributed by atoms with Crippen LogP contribution in [0, 0.1) is 6.92 Å². The minimum atomic E-state index is -0.464. The molecule has 0 aromatic heterocycles. The lowest BCUT2D eigenvalue weighted by Gasteiger charge is -2.19. The SMILES string of the molecule is Cc1cccc(NC(=O)OC(C)(C)C)c1. The van der Waals surface area contributed by atoms with Gasteiger partial charge in [0, 0.05) is 5.69 Å². The van der Waals surface area contributed by atoms with E-state index in [0.717, 1.165) is 11.3 Å². The van der Waals surface area contributed by atoms with Crippen LogP contribution in [0.3, 0.4) is 0 Å². The van der Waals surface area contributed by atoms with E-state index in [9.17, 15) is 4.79 Å². The molecule has 0 radical (unpaired) electrons. The van der Waals surface area contributed by atoms with Crippen molar-refractivity contribution in [3.8, 4) is 0 Å². The van der Waals surface area contributed by atoms with Gasteiger partial charge in [-0.2, -0.15) is 0 Å². The maximum absolute atomic E-state index is 11.4. The number of hydrogen-bond donors (Lipinski definition) is 1. The van der Waals surface area contributed by atoms with Crippen molar-refractivity contribution in [1.82, 2.24) is 0 Å². The molecule has 0 saturated carbocycles. The van der Waals surface area contributed by atoms with Crippen molar-refractivity contribution < 1.29 is 9.53 Å². The molecule has 1 rings (SSSR count). The molecule has 0 aliphatic rings. The normalized spacial score (nSPS) is 10.9. The molecule has 0 aliphatic heterocycles. The van der Waals surface area contributed by atoms with Crippen LogP contribution in [-0.4, -0.2) is 11.7 Å². The van der Waals surface area contributed by atoms with Crippen LogP contribution >= 0.6 is 0 Å². The van der Waals surface area contributed by atoms with Crippen LogP contribution in [0.5, 0.6) is 0 Å². The first-order valence-corrected chi connectivity index (χ1v) is 4.93. The third-order valence-electron chi connectivity index (χ3n) is 1.66. The molecule has 0 spiro atoms. The van der Waals surface area contributed by atoms with Gasteiger partial charge in [-0.1, -0.05) is 12.1 Å². The van der Waals surface area contributed by atoms with E-state index in [4.69, 9.17) is 4.74 Å². The molecule has 0 saturated heterocycles. The fourth-order valence-electron chi connectivity index (χ4n) is 1.14. The minimum absolute atomic E-state index is 0.423. The molecule has 1 aromatic rings. The van der Waals surface area contributed by atoms with E-state index in [0.29, 0.717) is 0 Å². The zero-order chi connectivity index (χ0) is 11.5. The molecule has 0 bridgehead atoms. The highest BCUT2D eigenvalue weighted by Gasteiger charge is 2.15. The number of rotatable bonds is 1. The second kappa shape index (κ2) is 4.34. The molecule has 0 heterocycles. The second-order valence-electron chi connectivity index (χ2n) is 4.50. The summed E-state index contributed by atoms with van der Waals surface area (Å²) in [6.45, 7) is 7.48. The van der Waals surface area contributed by atoms with Crippen LogP contribution in [0.15, 0.2) is 24.3 Å². The van der Waals surface area contributed by atoms with Crippen molar-refractivity contribution >= 4 is 11.8 Å². The summed E-state index contributed by atoms with van der Waals surface area (Å²) in [6.07, 6.45) is -0.423. The molecule has 3 nitrogen and oxygen atoms in total. The Morgan fingerprint density at radius 2 is 2.00 bits per heavy atom. The molecule has 1 amide bonds. The van der Waals surface area contributed by atoms with Crippen LogP contribution < -0.4 is 5.32 Å². The lowest BCUT2D eigenvalue weighted by molar-refractivity contribution is 0.0636. The zero-order valence-corrected chi connectivity index (χ0v) is 9.63. The van der Waals surface area contributed by atoms with Crippen LogP contribution in [0.4, 0.5) is 10.5 Å². The highest BCUT2D eigenvalue weighted by Crippen LogP contribution is 2.12. The highest BCUT2D eigenvalue weighted by atomic mass is 16.6. The van der Waals surface area contributed by atoms with Gasteiger partial charge >= 0.3 is 6.09 Å². The lowest BCUT2D eigenvalue weighted by Crippen LogP contribution is -2.27. The summed E-state index contributed by atoms with van der Waals surface area (Å²) in [6, 6.07) is 7.59. The first kappa shape index (κ1) is 11.6. The fraction of sp³-hybridized carbons (Fsp3) is 0.417. The first-order valence-electron chi connectivity index (χ1n) is 4.93. The molecule has 0 fully saturated rings. The number of ether oxygens (including phenoxy) is 1. The molecule has 82 valence electrons. The summed E-state index contributed by atoms with van der Waals surface area (Å²) >= 11 is 0. The van der Waals surface area contributed by atoms with E-state index in [1.165, 1.54) is 0 Å². The number of aryl methyl sites for hydroxylation is 1. The van der Waals surface area contributed by atoms with Crippen LogP contribution in [0.2, 0.25) is 0 Å². The third-order valence-corrected chi connectivity index (χ3v) is 1.66. The van der Waals surface area contributed by atoms with Crippen molar-refractivity contribution in [2.75, 3.05) is 5.32 Å². The number of nitrogens with one attached hydrogen (secondary N) is 1. The van der Waals surface area contributed by atoms with E-state index in [1.54, 1.807) is 0 Å². The van der Waals surface area contributed by atoms with E-state index in [1.807, 2.05) is 52.0 Å². The van der Waals surface area contributed by atoms with Crippen molar-refractivity contribution in [3.63, 3.8) is 0 Å². The molecule has 3 heteroatoms. The fourth-order valence-corrected chi connectivity index (χ4v) is 1.14. The maximum Gasteiger partial charge on any atom is 0.412 e. The summed E-state index contributed by atoms with van der Waals surface area (Å²) in [5.41, 5.74) is 1.39. The van der Waals surface area contributed by atoms with Crippen molar-refractivity contribution in [3.05, 3.63) is 29.8 Å². The second-order valence-corrected chi connectivity index (χ2v) is 4.50. The van der Waals surface area contributed by atoms with E-state index < -0.39 is 11.7 Å². The van der Waals surface area contributed by atoms with Crippen LogP contribution in [-0.2, 0) is 4.74 Å². The van der Waals surface area contributed by atoms with Gasteiger partial charge in [0.15, 0.2) is 0 Å². The molecule has 15 heavy (non-hydrogen) atoms. The van der Waals surface area contributed by atoms with Gasteiger partial charge in [0.2, 0.25) is 0 Å². The molecule has 0 atom stereocenters. The predicted octanol–water partition coefficient (Wildman–Crippen LogP) is 3.34. The summed E-state index contributed by atoms with van der Waals surface area (Å²) in [7, 11) is 0.